The van der Waals surface area contributed by atoms with Crippen molar-refractivity contribution in [3.05, 3.63) is 0 Å². The fourth-order valence-electron chi connectivity index (χ4n) is 1.20. The molecule has 92 valence electrons. The van der Waals surface area contributed by atoms with Crippen LogP contribution in [0, 0.1) is 5.41 Å². The Balaban J connectivity index is 0. The molecule has 0 aliphatic heterocycles. The van der Waals surface area contributed by atoms with Gasteiger partial charge >= 0.3 is 0 Å². The Hall–Kier alpha value is -0.570. The van der Waals surface area contributed by atoms with Crippen molar-refractivity contribution >= 4 is 5.91 Å². The van der Waals surface area contributed by atoms with Gasteiger partial charge in [-0.1, -0.05) is 34.6 Å². The minimum atomic E-state index is 0.115. The zero-order valence-electron chi connectivity index (χ0n) is 11.6. The number of nitrogens with one attached hydrogen (secondary N) is 1. The molecular formula is C12H28N2O. The van der Waals surface area contributed by atoms with E-state index in [4.69, 9.17) is 0 Å². The molecule has 0 saturated carbocycles. The van der Waals surface area contributed by atoms with Crippen molar-refractivity contribution in [1.82, 2.24) is 10.2 Å². The van der Waals surface area contributed by atoms with Gasteiger partial charge in [0.2, 0.25) is 5.91 Å². The van der Waals surface area contributed by atoms with E-state index in [1.807, 2.05) is 27.9 Å². The number of hydrogen-bond acceptors (Lipinski definition) is 2. The van der Waals surface area contributed by atoms with Crippen LogP contribution in [0.4, 0.5) is 0 Å². The first kappa shape index (κ1) is 16.8. The van der Waals surface area contributed by atoms with E-state index in [1.165, 1.54) is 0 Å². The Kier molecular flexibility index (Phi) is 8.63. The first-order chi connectivity index (χ1) is 6.79. The smallest absolute Gasteiger partial charge is 0.219 e. The minimum Gasteiger partial charge on any atom is -0.344 e. The molecule has 0 spiro atoms. The van der Waals surface area contributed by atoms with Gasteiger partial charge in [-0.2, -0.15) is 0 Å². The van der Waals surface area contributed by atoms with Crippen LogP contribution in [-0.4, -0.2) is 37.5 Å². The molecule has 0 aliphatic rings. The monoisotopic (exact) mass is 216 g/mol. The highest BCUT2D eigenvalue weighted by molar-refractivity contribution is 5.72. The molecule has 0 bridgehead atoms. The highest BCUT2D eigenvalue weighted by Crippen LogP contribution is 2.19. The number of carbonyl (C=O) groups excluding carboxylic acids is 1. The van der Waals surface area contributed by atoms with Crippen molar-refractivity contribution in [2.24, 2.45) is 5.41 Å². The van der Waals surface area contributed by atoms with Gasteiger partial charge in [-0.25, -0.2) is 0 Å². The van der Waals surface area contributed by atoms with Gasteiger partial charge < -0.3 is 10.2 Å². The summed E-state index contributed by atoms with van der Waals surface area (Å²) in [6.45, 7) is 12.9. The van der Waals surface area contributed by atoms with E-state index in [0.29, 0.717) is 6.04 Å². The summed E-state index contributed by atoms with van der Waals surface area (Å²) in [6, 6.07) is 0.335. The van der Waals surface area contributed by atoms with Gasteiger partial charge in [-0.15, -0.1) is 0 Å². The largest absolute Gasteiger partial charge is 0.344 e. The predicted molar refractivity (Wildman–Crippen MR) is 67.0 cm³/mol. The second-order valence-corrected chi connectivity index (χ2v) is 4.61. The fraction of sp³-hybridized carbons (Fsp3) is 0.917. The van der Waals surface area contributed by atoms with Gasteiger partial charge in [-0.05, 0) is 12.5 Å². The van der Waals surface area contributed by atoms with E-state index in [0.717, 1.165) is 6.54 Å². The number of amides is 1. The van der Waals surface area contributed by atoms with Crippen molar-refractivity contribution in [1.29, 1.82) is 0 Å². The van der Waals surface area contributed by atoms with Crippen LogP contribution in [-0.2, 0) is 4.79 Å². The SMILES string of the molecule is CC.CNC(CN(C)C(C)=O)C(C)(C)C. The van der Waals surface area contributed by atoms with Gasteiger partial charge in [0, 0.05) is 26.6 Å². The maximum atomic E-state index is 11.0. The van der Waals surface area contributed by atoms with Crippen molar-refractivity contribution < 1.29 is 4.79 Å². The molecule has 0 saturated heterocycles. The third kappa shape index (κ3) is 7.37. The van der Waals surface area contributed by atoms with Crippen LogP contribution in [0.2, 0.25) is 0 Å². The molecule has 1 atom stereocenters. The van der Waals surface area contributed by atoms with Gasteiger partial charge in [0.15, 0.2) is 0 Å². The summed E-state index contributed by atoms with van der Waals surface area (Å²) in [6.07, 6.45) is 0. The molecule has 15 heavy (non-hydrogen) atoms. The number of likely N-dealkylation sites (N-methyl/N-ethyl adjacent to an activating group) is 2. The Morgan fingerprint density at radius 1 is 1.33 bits per heavy atom. The van der Waals surface area contributed by atoms with Gasteiger partial charge in [0.1, 0.15) is 0 Å². The summed E-state index contributed by atoms with van der Waals surface area (Å²) < 4.78 is 0. The lowest BCUT2D eigenvalue weighted by molar-refractivity contribution is -0.128. The third-order valence-corrected chi connectivity index (χ3v) is 2.39. The molecular weight excluding hydrogens is 188 g/mol. The highest BCUT2D eigenvalue weighted by atomic mass is 16.2. The second kappa shape index (κ2) is 7.69. The summed E-state index contributed by atoms with van der Waals surface area (Å²) >= 11 is 0. The molecule has 0 radical (unpaired) electrons. The summed E-state index contributed by atoms with van der Waals surface area (Å²) in [4.78, 5) is 12.8. The molecule has 0 rings (SSSR count). The minimum absolute atomic E-state index is 0.115. The molecule has 0 heterocycles. The summed E-state index contributed by atoms with van der Waals surface area (Å²) in [5, 5.41) is 3.23. The van der Waals surface area contributed by atoms with Crippen molar-refractivity contribution in [2.75, 3.05) is 20.6 Å². The molecule has 0 aromatic heterocycles. The Bertz CT molecular complexity index is 173. The average molecular weight is 216 g/mol. The fourth-order valence-corrected chi connectivity index (χ4v) is 1.20. The average Bonchev–Trinajstić information content (AvgIpc) is 2.14. The first-order valence-electron chi connectivity index (χ1n) is 5.68. The van der Waals surface area contributed by atoms with Crippen LogP contribution in [0.25, 0.3) is 0 Å². The van der Waals surface area contributed by atoms with E-state index in [9.17, 15) is 4.79 Å². The first-order valence-corrected chi connectivity index (χ1v) is 5.68. The molecule has 1 unspecified atom stereocenters. The van der Waals surface area contributed by atoms with Crippen LogP contribution >= 0.6 is 0 Å². The van der Waals surface area contributed by atoms with E-state index < -0.39 is 0 Å². The Morgan fingerprint density at radius 3 is 1.93 bits per heavy atom. The molecule has 0 aliphatic carbocycles. The lowest BCUT2D eigenvalue weighted by atomic mass is 9.86. The highest BCUT2D eigenvalue weighted by Gasteiger charge is 2.24. The van der Waals surface area contributed by atoms with E-state index >= 15 is 0 Å². The molecule has 1 amide bonds. The van der Waals surface area contributed by atoms with E-state index in [-0.39, 0.29) is 11.3 Å². The Morgan fingerprint density at radius 2 is 1.73 bits per heavy atom. The molecule has 0 aromatic rings. The summed E-state index contributed by atoms with van der Waals surface area (Å²) in [7, 11) is 3.77. The van der Waals surface area contributed by atoms with Crippen LogP contribution < -0.4 is 5.32 Å². The van der Waals surface area contributed by atoms with Crippen LogP contribution in [0.1, 0.15) is 41.5 Å². The summed E-state index contributed by atoms with van der Waals surface area (Å²) in [5.41, 5.74) is 0.179. The predicted octanol–water partition coefficient (Wildman–Crippen LogP) is 2.12. The van der Waals surface area contributed by atoms with Crippen LogP contribution in [0.5, 0.6) is 0 Å². The second-order valence-electron chi connectivity index (χ2n) is 4.61. The topological polar surface area (TPSA) is 32.3 Å². The third-order valence-electron chi connectivity index (χ3n) is 2.39. The maximum Gasteiger partial charge on any atom is 0.219 e. The standard InChI is InChI=1S/C10H22N2O.C2H6/c1-8(13)12(6)7-9(11-5)10(2,3)4;1-2/h9,11H,7H2,1-6H3;1-2H3. The molecule has 1 N–H and O–H groups in total. The number of rotatable bonds is 3. The molecule has 0 fully saturated rings. The van der Waals surface area contributed by atoms with Crippen molar-refractivity contribution in [2.45, 2.75) is 47.6 Å². The molecule has 3 nitrogen and oxygen atoms in total. The van der Waals surface area contributed by atoms with Gasteiger partial charge in [-0.3, -0.25) is 4.79 Å². The van der Waals surface area contributed by atoms with Gasteiger partial charge in [0.05, 0.1) is 0 Å². The molecule has 0 aromatic carbocycles. The van der Waals surface area contributed by atoms with E-state index in [1.54, 1.807) is 11.8 Å². The van der Waals surface area contributed by atoms with E-state index in [2.05, 4.69) is 26.1 Å². The molecule has 3 heteroatoms. The lowest BCUT2D eigenvalue weighted by Crippen LogP contribution is -2.47. The van der Waals surface area contributed by atoms with Crippen LogP contribution in [0.15, 0.2) is 0 Å². The Labute approximate surface area is 95.2 Å². The maximum absolute atomic E-state index is 11.0. The van der Waals surface area contributed by atoms with Crippen LogP contribution in [0.3, 0.4) is 0 Å². The summed E-state index contributed by atoms with van der Waals surface area (Å²) in [5.74, 6) is 0.115. The number of hydrogen-bond donors (Lipinski definition) is 1. The zero-order valence-corrected chi connectivity index (χ0v) is 11.6. The van der Waals surface area contributed by atoms with Gasteiger partial charge in [0.25, 0.3) is 0 Å². The number of carbonyl (C=O) groups is 1. The lowest BCUT2D eigenvalue weighted by Gasteiger charge is -2.33. The normalized spacial score (nSPS) is 12.5. The van der Waals surface area contributed by atoms with Crippen molar-refractivity contribution in [3.8, 4) is 0 Å². The van der Waals surface area contributed by atoms with Crippen molar-refractivity contribution in [3.63, 3.8) is 0 Å². The zero-order chi connectivity index (χ0) is 12.6. The number of nitrogens with zero attached hydrogens (tertiary/aromatic N) is 1. The quantitative estimate of drug-likeness (QED) is 0.784.